The van der Waals surface area contributed by atoms with Crippen LogP contribution in [-0.2, 0) is 0 Å². The van der Waals surface area contributed by atoms with E-state index in [9.17, 15) is 0 Å². The van der Waals surface area contributed by atoms with Crippen LogP contribution in [-0.4, -0.2) is 21.4 Å². The molecule has 0 radical (unpaired) electrons. The molecular formula is C10H8N4O. The van der Waals surface area contributed by atoms with Gasteiger partial charge in [-0.1, -0.05) is 0 Å². The predicted octanol–water partition coefficient (Wildman–Crippen LogP) is 1.17. The van der Waals surface area contributed by atoms with Gasteiger partial charge in [-0.05, 0) is 24.3 Å². The summed E-state index contributed by atoms with van der Waals surface area (Å²) in [5.41, 5.74) is 0.948. The summed E-state index contributed by atoms with van der Waals surface area (Å²) in [6.07, 6.45) is 3.23. The molecule has 0 fully saturated rings. The third-order valence-electron chi connectivity index (χ3n) is 1.86. The third-order valence-corrected chi connectivity index (χ3v) is 1.86. The fraction of sp³-hybridized carbons (Fsp3) is 0.100. The maximum absolute atomic E-state index is 8.34. The molecule has 0 bridgehead atoms. The number of ether oxygens (including phenoxy) is 1. The first-order valence-electron chi connectivity index (χ1n) is 4.35. The minimum Gasteiger partial charge on any atom is -0.479 e. The Bertz CT molecular complexity index is 455. The molecule has 0 unspecified atom stereocenters. The summed E-state index contributed by atoms with van der Waals surface area (Å²) < 4.78 is 6.91. The van der Waals surface area contributed by atoms with Crippen molar-refractivity contribution >= 4 is 0 Å². The van der Waals surface area contributed by atoms with Gasteiger partial charge in [-0.25, -0.2) is 0 Å². The molecule has 1 aromatic heterocycles. The van der Waals surface area contributed by atoms with Crippen LogP contribution < -0.4 is 4.74 Å². The number of nitriles is 1. The fourth-order valence-corrected chi connectivity index (χ4v) is 1.16. The highest BCUT2D eigenvalue weighted by Crippen LogP contribution is 2.14. The Morgan fingerprint density at radius 3 is 2.47 bits per heavy atom. The van der Waals surface area contributed by atoms with Gasteiger partial charge in [-0.3, -0.25) is 4.57 Å². The van der Waals surface area contributed by atoms with E-state index in [0.717, 1.165) is 5.69 Å². The van der Waals surface area contributed by atoms with Gasteiger partial charge in [-0.2, -0.15) is 5.26 Å². The molecule has 0 aliphatic heterocycles. The van der Waals surface area contributed by atoms with Crippen molar-refractivity contribution in [1.29, 1.82) is 5.26 Å². The first-order valence-corrected chi connectivity index (χ1v) is 4.35. The molecule has 0 amide bonds. The largest absolute Gasteiger partial charge is 0.479 e. The maximum Gasteiger partial charge on any atom is 0.174 e. The van der Waals surface area contributed by atoms with Gasteiger partial charge in [0.15, 0.2) is 6.61 Å². The van der Waals surface area contributed by atoms with Crippen molar-refractivity contribution in [1.82, 2.24) is 14.8 Å². The van der Waals surface area contributed by atoms with Gasteiger partial charge in [0.25, 0.3) is 0 Å². The number of hydrogen-bond donors (Lipinski definition) is 0. The van der Waals surface area contributed by atoms with Crippen molar-refractivity contribution in [3.05, 3.63) is 36.9 Å². The molecule has 0 saturated carbocycles. The molecule has 0 aliphatic rings. The van der Waals surface area contributed by atoms with Crippen molar-refractivity contribution in [3.63, 3.8) is 0 Å². The minimum absolute atomic E-state index is 0.0615. The van der Waals surface area contributed by atoms with Gasteiger partial charge in [0, 0.05) is 5.69 Å². The molecule has 5 nitrogen and oxygen atoms in total. The molecule has 2 rings (SSSR count). The van der Waals surface area contributed by atoms with Gasteiger partial charge in [0.2, 0.25) is 0 Å². The summed E-state index contributed by atoms with van der Waals surface area (Å²) in [4.78, 5) is 0. The maximum atomic E-state index is 8.34. The molecule has 0 aliphatic carbocycles. The summed E-state index contributed by atoms with van der Waals surface area (Å²) >= 11 is 0. The van der Waals surface area contributed by atoms with Crippen LogP contribution in [0.25, 0.3) is 5.69 Å². The van der Waals surface area contributed by atoms with Gasteiger partial charge in [0.05, 0.1) is 0 Å². The number of aromatic nitrogens is 3. The number of nitrogens with zero attached hydrogens (tertiary/aromatic N) is 4. The Balaban J connectivity index is 2.15. The van der Waals surface area contributed by atoms with Crippen molar-refractivity contribution in [3.8, 4) is 17.5 Å². The Morgan fingerprint density at radius 2 is 1.87 bits per heavy atom. The monoisotopic (exact) mass is 200 g/mol. The first kappa shape index (κ1) is 9.21. The van der Waals surface area contributed by atoms with E-state index in [-0.39, 0.29) is 6.61 Å². The van der Waals surface area contributed by atoms with Crippen LogP contribution in [0.5, 0.6) is 5.75 Å². The van der Waals surface area contributed by atoms with Crippen LogP contribution in [0.3, 0.4) is 0 Å². The summed E-state index contributed by atoms with van der Waals surface area (Å²) in [5.74, 6) is 0.674. The van der Waals surface area contributed by atoms with Crippen LogP contribution >= 0.6 is 0 Å². The van der Waals surface area contributed by atoms with Crippen molar-refractivity contribution in [2.45, 2.75) is 0 Å². The Kier molecular flexibility index (Phi) is 2.61. The molecular weight excluding hydrogens is 192 g/mol. The van der Waals surface area contributed by atoms with Crippen LogP contribution in [0.15, 0.2) is 36.9 Å². The zero-order valence-corrected chi connectivity index (χ0v) is 7.87. The number of hydrogen-bond acceptors (Lipinski definition) is 4. The van der Waals surface area contributed by atoms with Gasteiger partial charge >= 0.3 is 0 Å². The molecule has 74 valence electrons. The zero-order chi connectivity index (χ0) is 10.5. The van der Waals surface area contributed by atoms with Crippen molar-refractivity contribution in [2.75, 3.05) is 6.61 Å². The molecule has 5 heteroatoms. The van der Waals surface area contributed by atoms with Crippen LogP contribution in [0, 0.1) is 11.3 Å². The van der Waals surface area contributed by atoms with E-state index in [2.05, 4.69) is 10.2 Å². The van der Waals surface area contributed by atoms with Crippen molar-refractivity contribution in [2.24, 2.45) is 0 Å². The Hall–Kier alpha value is -2.35. The zero-order valence-electron chi connectivity index (χ0n) is 7.87. The average molecular weight is 200 g/mol. The highest BCUT2D eigenvalue weighted by Gasteiger charge is 1.96. The molecule has 1 aromatic carbocycles. The summed E-state index contributed by atoms with van der Waals surface area (Å²) in [6, 6.07) is 9.25. The molecule has 0 saturated heterocycles. The van der Waals surface area contributed by atoms with Crippen LogP contribution in [0.1, 0.15) is 0 Å². The highest BCUT2D eigenvalue weighted by atomic mass is 16.5. The van der Waals surface area contributed by atoms with Crippen molar-refractivity contribution < 1.29 is 4.74 Å². The Morgan fingerprint density at radius 1 is 1.20 bits per heavy atom. The lowest BCUT2D eigenvalue weighted by molar-refractivity contribution is 0.368. The minimum atomic E-state index is 0.0615. The number of rotatable bonds is 3. The highest BCUT2D eigenvalue weighted by molar-refractivity contribution is 5.36. The van der Waals surface area contributed by atoms with E-state index in [1.165, 1.54) is 0 Å². The predicted molar refractivity (Wildman–Crippen MR) is 52.5 cm³/mol. The molecule has 2 aromatic rings. The second-order valence-electron chi connectivity index (χ2n) is 2.81. The molecule has 0 spiro atoms. The normalized spacial score (nSPS) is 9.53. The molecule has 1 heterocycles. The lowest BCUT2D eigenvalue weighted by Crippen LogP contribution is -1.94. The summed E-state index contributed by atoms with van der Waals surface area (Å²) in [6.45, 7) is 0.0615. The van der Waals surface area contributed by atoms with Gasteiger partial charge in [0.1, 0.15) is 24.5 Å². The van der Waals surface area contributed by atoms with E-state index >= 15 is 0 Å². The van der Waals surface area contributed by atoms with Gasteiger partial charge in [-0.15, -0.1) is 10.2 Å². The topological polar surface area (TPSA) is 63.7 Å². The Labute approximate surface area is 86.6 Å². The lowest BCUT2D eigenvalue weighted by atomic mass is 10.3. The van der Waals surface area contributed by atoms with Crippen LogP contribution in [0.2, 0.25) is 0 Å². The second kappa shape index (κ2) is 4.24. The lowest BCUT2D eigenvalue weighted by Gasteiger charge is -2.03. The smallest absolute Gasteiger partial charge is 0.174 e. The fourth-order valence-electron chi connectivity index (χ4n) is 1.16. The SMILES string of the molecule is N#CCOc1ccc(-n2cnnc2)cc1. The quantitative estimate of drug-likeness (QED) is 0.746. The number of benzene rings is 1. The van der Waals surface area contributed by atoms with E-state index in [1.54, 1.807) is 29.4 Å². The summed E-state index contributed by atoms with van der Waals surface area (Å²) in [7, 11) is 0. The molecule has 0 N–H and O–H groups in total. The van der Waals surface area contributed by atoms with Gasteiger partial charge < -0.3 is 4.74 Å². The van der Waals surface area contributed by atoms with E-state index in [4.69, 9.17) is 10.00 Å². The molecule has 0 atom stereocenters. The first-order chi connectivity index (χ1) is 7.40. The standard InChI is InChI=1S/C10H8N4O/c11-5-6-15-10-3-1-9(2-4-10)14-7-12-13-8-14/h1-4,7-8H,6H2. The third kappa shape index (κ3) is 2.11. The van der Waals surface area contributed by atoms with E-state index < -0.39 is 0 Å². The van der Waals surface area contributed by atoms with E-state index in [1.807, 2.05) is 18.2 Å². The summed E-state index contributed by atoms with van der Waals surface area (Å²) in [5, 5.41) is 15.8. The second-order valence-corrected chi connectivity index (χ2v) is 2.81. The van der Waals surface area contributed by atoms with Crippen LogP contribution in [0.4, 0.5) is 0 Å². The average Bonchev–Trinajstić information content (AvgIpc) is 2.80. The van der Waals surface area contributed by atoms with E-state index in [0.29, 0.717) is 5.75 Å². The molecule has 15 heavy (non-hydrogen) atoms.